The third kappa shape index (κ3) is 4.83. The Balaban J connectivity index is 4.40. The Morgan fingerprint density at radius 2 is 1.93 bits per heavy atom. The summed E-state index contributed by atoms with van der Waals surface area (Å²) in [4.78, 5) is 6.60. The van der Waals surface area contributed by atoms with E-state index in [4.69, 9.17) is 0 Å². The van der Waals surface area contributed by atoms with E-state index in [2.05, 4.69) is 4.74 Å². The lowest BCUT2D eigenvalue weighted by molar-refractivity contribution is -0.160. The minimum atomic E-state index is -4.32. The van der Waals surface area contributed by atoms with Gasteiger partial charge in [0, 0.05) is 6.42 Å². The number of esters is 1. The van der Waals surface area contributed by atoms with Gasteiger partial charge < -0.3 is 4.74 Å². The fraction of sp³-hybridized carbons (Fsp3) is 0.857. The van der Waals surface area contributed by atoms with Crippen LogP contribution >= 0.6 is 38.5 Å². The van der Waals surface area contributed by atoms with Crippen LogP contribution in [-0.4, -0.2) is 27.3 Å². The van der Waals surface area contributed by atoms with E-state index in [1.165, 1.54) is 29.5 Å². The molecule has 90 valence electrons. The molecule has 0 N–H and O–H groups in total. The van der Waals surface area contributed by atoms with Gasteiger partial charge >= 0.3 is 16.7 Å². The Morgan fingerprint density at radius 1 is 1.47 bits per heavy atom. The molecule has 8 heteroatoms. The average molecular weight is 407 g/mol. The predicted molar refractivity (Wildman–Crippen MR) is 57.9 cm³/mol. The van der Waals surface area contributed by atoms with Crippen LogP contribution in [0.4, 0.5) is 17.6 Å². The van der Waals surface area contributed by atoms with Crippen LogP contribution in [-0.2, 0) is 9.53 Å². The van der Waals surface area contributed by atoms with E-state index in [1.807, 2.05) is 0 Å². The Kier molecular flexibility index (Phi) is 5.80. The Morgan fingerprint density at radius 3 is 2.27 bits per heavy atom. The summed E-state index contributed by atoms with van der Waals surface area (Å²) >= 11 is 2.93. The molecule has 0 bridgehead atoms. The SMILES string of the molecule is CCOC(=O)C(I)CC(F)(F)C(F)(F)Br. The molecule has 0 saturated carbocycles. The fourth-order valence-corrected chi connectivity index (χ4v) is 1.55. The van der Waals surface area contributed by atoms with Crippen molar-refractivity contribution < 1.29 is 27.1 Å². The predicted octanol–water partition coefficient (Wildman–Crippen LogP) is 3.37. The van der Waals surface area contributed by atoms with Gasteiger partial charge in [0.1, 0.15) is 3.92 Å². The first kappa shape index (κ1) is 15.4. The number of carbonyl (C=O) groups is 1. The highest BCUT2D eigenvalue weighted by Crippen LogP contribution is 2.43. The van der Waals surface area contributed by atoms with E-state index < -0.39 is 27.1 Å². The van der Waals surface area contributed by atoms with Gasteiger partial charge in [0.05, 0.1) is 6.61 Å². The van der Waals surface area contributed by atoms with Gasteiger partial charge in [0.15, 0.2) is 0 Å². The first-order valence-corrected chi connectivity index (χ1v) is 5.91. The van der Waals surface area contributed by atoms with E-state index >= 15 is 0 Å². The molecule has 0 saturated heterocycles. The van der Waals surface area contributed by atoms with Gasteiger partial charge in [-0.25, -0.2) is 0 Å². The first-order valence-electron chi connectivity index (χ1n) is 3.87. The molecule has 0 aromatic heterocycles. The van der Waals surface area contributed by atoms with E-state index in [-0.39, 0.29) is 6.61 Å². The van der Waals surface area contributed by atoms with Crippen LogP contribution in [0.2, 0.25) is 0 Å². The first-order chi connectivity index (χ1) is 6.62. The second kappa shape index (κ2) is 5.65. The second-order valence-corrected chi connectivity index (χ2v) is 5.13. The molecule has 0 aliphatic carbocycles. The summed E-state index contributed by atoms with van der Waals surface area (Å²) in [5.74, 6) is -5.21. The molecule has 0 amide bonds. The third-order valence-electron chi connectivity index (χ3n) is 1.39. The zero-order chi connectivity index (χ0) is 12.3. The minimum Gasteiger partial charge on any atom is -0.465 e. The maximum atomic E-state index is 12.8. The summed E-state index contributed by atoms with van der Waals surface area (Å²) in [5.41, 5.74) is 0. The van der Waals surface area contributed by atoms with Gasteiger partial charge in [0.25, 0.3) is 0 Å². The smallest absolute Gasteiger partial charge is 0.363 e. The summed E-state index contributed by atoms with van der Waals surface area (Å²) in [6, 6.07) is 0. The summed E-state index contributed by atoms with van der Waals surface area (Å²) in [7, 11) is 0. The van der Waals surface area contributed by atoms with Gasteiger partial charge in [-0.05, 0) is 22.9 Å². The number of hydrogen-bond donors (Lipinski definition) is 0. The molecule has 0 aliphatic rings. The molecule has 15 heavy (non-hydrogen) atoms. The van der Waals surface area contributed by atoms with Crippen molar-refractivity contribution in [1.82, 2.24) is 0 Å². The third-order valence-corrected chi connectivity index (χ3v) is 2.92. The summed E-state index contributed by atoms with van der Waals surface area (Å²) < 4.78 is 53.3. The monoisotopic (exact) mass is 406 g/mol. The normalized spacial score (nSPS) is 14.9. The summed E-state index contributed by atoms with van der Waals surface area (Å²) in [5, 5.41) is 0. The molecule has 0 aromatic carbocycles. The zero-order valence-electron chi connectivity index (χ0n) is 7.58. The second-order valence-electron chi connectivity index (χ2n) is 2.63. The fourth-order valence-electron chi connectivity index (χ4n) is 0.657. The average Bonchev–Trinajstić information content (AvgIpc) is 2.01. The van der Waals surface area contributed by atoms with Crippen molar-refractivity contribution in [2.75, 3.05) is 6.61 Å². The standard InChI is InChI=1S/C7H8BrF4IO2/c1-2-15-5(14)4(13)3-6(9,10)7(8,11)12/h4H,2-3H2,1H3. The topological polar surface area (TPSA) is 26.3 Å². The molecular formula is C7H8BrF4IO2. The highest BCUT2D eigenvalue weighted by Gasteiger charge is 2.55. The lowest BCUT2D eigenvalue weighted by Crippen LogP contribution is -2.39. The van der Waals surface area contributed by atoms with Crippen LogP contribution in [0.1, 0.15) is 13.3 Å². The van der Waals surface area contributed by atoms with E-state index in [0.29, 0.717) is 0 Å². The molecule has 0 spiro atoms. The van der Waals surface area contributed by atoms with Crippen molar-refractivity contribution in [3.05, 3.63) is 0 Å². The van der Waals surface area contributed by atoms with Gasteiger partial charge in [-0.15, -0.1) is 0 Å². The number of rotatable bonds is 5. The molecule has 0 heterocycles. The molecule has 1 unspecified atom stereocenters. The van der Waals surface area contributed by atoms with Crippen molar-refractivity contribution in [2.24, 2.45) is 0 Å². The maximum absolute atomic E-state index is 12.8. The van der Waals surface area contributed by atoms with Crippen molar-refractivity contribution >= 4 is 44.5 Å². The zero-order valence-corrected chi connectivity index (χ0v) is 11.3. The van der Waals surface area contributed by atoms with Crippen molar-refractivity contribution in [2.45, 2.75) is 28.0 Å². The molecular weight excluding hydrogens is 399 g/mol. The molecule has 0 aliphatic heterocycles. The minimum absolute atomic E-state index is 0.0224. The number of halogens is 6. The van der Waals surface area contributed by atoms with E-state index in [9.17, 15) is 22.4 Å². The molecule has 0 fully saturated rings. The van der Waals surface area contributed by atoms with Crippen molar-refractivity contribution in [3.63, 3.8) is 0 Å². The molecule has 0 aromatic rings. The maximum Gasteiger partial charge on any atom is 0.363 e. The van der Waals surface area contributed by atoms with Crippen LogP contribution in [0.25, 0.3) is 0 Å². The van der Waals surface area contributed by atoms with Gasteiger partial charge in [0.2, 0.25) is 0 Å². The van der Waals surface area contributed by atoms with Crippen molar-refractivity contribution in [3.8, 4) is 0 Å². The number of hydrogen-bond acceptors (Lipinski definition) is 2. The van der Waals surface area contributed by atoms with Crippen molar-refractivity contribution in [1.29, 1.82) is 0 Å². The molecule has 1 atom stereocenters. The molecule has 0 radical (unpaired) electrons. The summed E-state index contributed by atoms with van der Waals surface area (Å²) in [6.45, 7) is 1.52. The van der Waals surface area contributed by atoms with Crippen LogP contribution < -0.4 is 0 Å². The van der Waals surface area contributed by atoms with Crippen LogP contribution in [0.5, 0.6) is 0 Å². The number of ether oxygens (including phenoxy) is 1. The molecule has 0 rings (SSSR count). The highest BCUT2D eigenvalue weighted by atomic mass is 127. The highest BCUT2D eigenvalue weighted by molar-refractivity contribution is 14.1. The van der Waals surface area contributed by atoms with Crippen LogP contribution in [0, 0.1) is 0 Å². The Bertz CT molecular complexity index is 232. The Hall–Kier alpha value is 0.400. The Labute approximate surface area is 106 Å². The quantitative estimate of drug-likeness (QED) is 0.303. The molecule has 2 nitrogen and oxygen atoms in total. The van der Waals surface area contributed by atoms with Gasteiger partial charge in [-0.1, -0.05) is 22.6 Å². The van der Waals surface area contributed by atoms with Gasteiger partial charge in [-0.2, -0.15) is 17.6 Å². The van der Waals surface area contributed by atoms with Crippen LogP contribution in [0.3, 0.4) is 0 Å². The van der Waals surface area contributed by atoms with E-state index in [1.54, 1.807) is 15.9 Å². The number of carbonyl (C=O) groups excluding carboxylic acids is 1. The summed E-state index contributed by atoms with van der Waals surface area (Å²) in [6.07, 6.45) is -1.27. The van der Waals surface area contributed by atoms with Gasteiger partial charge in [-0.3, -0.25) is 4.79 Å². The lowest BCUT2D eigenvalue weighted by atomic mass is 10.2. The largest absolute Gasteiger partial charge is 0.465 e. The van der Waals surface area contributed by atoms with Crippen LogP contribution in [0.15, 0.2) is 0 Å². The van der Waals surface area contributed by atoms with E-state index in [0.717, 1.165) is 0 Å². The number of alkyl halides is 6. The lowest BCUT2D eigenvalue weighted by Gasteiger charge is -2.22.